The van der Waals surface area contributed by atoms with Crippen molar-refractivity contribution in [2.24, 2.45) is 0 Å². The first-order valence-corrected chi connectivity index (χ1v) is 16.5. The summed E-state index contributed by atoms with van der Waals surface area (Å²) in [6.45, 7) is 0. The van der Waals surface area contributed by atoms with Crippen molar-refractivity contribution in [3.63, 3.8) is 0 Å². The standard InChI is InChI=1S/C48H21N7/c49-28-37-4-1-5-38(29-50)46(37)25-16-34-10-19-43(20-11-34)55(44-21-12-35(13-22-44)17-26-47-39(30-51)6-2-7-40(47)31-52)45-23-14-36(15-24-45)18-27-48-41(32-53)8-3-9-42(48)33-54/h1-15,19-24H. The lowest BCUT2D eigenvalue weighted by atomic mass is 10.0. The van der Waals surface area contributed by atoms with E-state index in [1.165, 1.54) is 0 Å². The Balaban J connectivity index is 1.37. The van der Waals surface area contributed by atoms with E-state index in [1.54, 1.807) is 54.6 Å². The number of anilines is 3. The molecular formula is C48H21N7. The van der Waals surface area contributed by atoms with Gasteiger partial charge in [-0.1, -0.05) is 53.7 Å². The Morgan fingerprint density at radius 3 is 0.691 bits per heavy atom. The number of hydrogen-bond donors (Lipinski definition) is 0. The molecule has 0 saturated heterocycles. The topological polar surface area (TPSA) is 146 Å². The van der Waals surface area contributed by atoms with Gasteiger partial charge in [-0.2, -0.15) is 31.6 Å². The molecule has 6 rings (SSSR count). The Hall–Kier alpha value is -9.26. The quantitative estimate of drug-likeness (QED) is 0.169. The number of nitriles is 6. The summed E-state index contributed by atoms with van der Waals surface area (Å²) in [7, 11) is 0. The molecule has 248 valence electrons. The summed E-state index contributed by atoms with van der Waals surface area (Å²) in [5, 5.41) is 57.2. The fourth-order valence-electron chi connectivity index (χ4n) is 5.55. The van der Waals surface area contributed by atoms with Crippen molar-refractivity contribution in [3.05, 3.63) is 194 Å². The van der Waals surface area contributed by atoms with Crippen LogP contribution in [0.25, 0.3) is 0 Å². The summed E-state index contributed by atoms with van der Waals surface area (Å²) in [5.41, 5.74) is 7.57. The third kappa shape index (κ3) is 7.90. The first-order chi connectivity index (χ1) is 27.0. The van der Waals surface area contributed by atoms with Crippen molar-refractivity contribution in [3.8, 4) is 71.9 Å². The second kappa shape index (κ2) is 16.6. The van der Waals surface area contributed by atoms with Crippen molar-refractivity contribution in [2.75, 3.05) is 4.90 Å². The SMILES string of the molecule is N#Cc1cccc(C#N)c1C#Cc1ccc(N(c2ccc(C#Cc3c(C#N)cccc3C#N)cc2)c2ccc(C#Cc3c(C#N)cccc3C#N)cc2)cc1. The zero-order valence-corrected chi connectivity index (χ0v) is 28.8. The van der Waals surface area contributed by atoms with Crippen molar-refractivity contribution in [1.82, 2.24) is 0 Å². The molecule has 0 N–H and O–H groups in total. The van der Waals surface area contributed by atoms with Crippen LogP contribution >= 0.6 is 0 Å². The molecule has 0 heterocycles. The van der Waals surface area contributed by atoms with E-state index in [4.69, 9.17) is 0 Å². The van der Waals surface area contributed by atoms with E-state index in [1.807, 2.05) is 77.7 Å². The second-order valence-corrected chi connectivity index (χ2v) is 11.6. The van der Waals surface area contributed by atoms with Crippen LogP contribution in [-0.4, -0.2) is 0 Å². The zero-order valence-electron chi connectivity index (χ0n) is 28.8. The maximum absolute atomic E-state index is 9.54. The minimum Gasteiger partial charge on any atom is -0.311 e. The minimum absolute atomic E-state index is 0.329. The van der Waals surface area contributed by atoms with Gasteiger partial charge >= 0.3 is 0 Å². The predicted molar refractivity (Wildman–Crippen MR) is 207 cm³/mol. The maximum atomic E-state index is 9.54. The second-order valence-electron chi connectivity index (χ2n) is 11.6. The molecule has 0 aromatic heterocycles. The molecule has 0 spiro atoms. The van der Waals surface area contributed by atoms with Crippen LogP contribution in [0.15, 0.2) is 127 Å². The maximum Gasteiger partial charge on any atom is 0.100 e. The van der Waals surface area contributed by atoms with Crippen LogP contribution in [0.3, 0.4) is 0 Å². The lowest BCUT2D eigenvalue weighted by molar-refractivity contribution is 1.28. The van der Waals surface area contributed by atoms with Crippen LogP contribution in [0.4, 0.5) is 17.1 Å². The molecule has 6 aromatic rings. The molecule has 55 heavy (non-hydrogen) atoms. The molecule has 0 aliphatic heterocycles. The molecule has 0 saturated carbocycles. The number of rotatable bonds is 3. The van der Waals surface area contributed by atoms with Gasteiger partial charge in [0.1, 0.15) is 36.4 Å². The van der Waals surface area contributed by atoms with Gasteiger partial charge < -0.3 is 4.90 Å². The molecule has 0 unspecified atom stereocenters. The number of hydrogen-bond acceptors (Lipinski definition) is 7. The Bertz CT molecular complexity index is 2510. The fraction of sp³-hybridized carbons (Fsp3) is 0. The molecule has 0 aliphatic carbocycles. The Morgan fingerprint density at radius 1 is 0.273 bits per heavy atom. The molecule has 0 amide bonds. The third-order valence-electron chi connectivity index (χ3n) is 8.29. The highest BCUT2D eigenvalue weighted by Crippen LogP contribution is 2.35. The summed E-state index contributed by atoms with van der Waals surface area (Å²) in [4.78, 5) is 2.03. The van der Waals surface area contributed by atoms with Crippen LogP contribution in [0.5, 0.6) is 0 Å². The molecule has 0 radical (unpaired) electrons. The molecule has 7 nitrogen and oxygen atoms in total. The van der Waals surface area contributed by atoms with Gasteiger partial charge in [0.25, 0.3) is 0 Å². The van der Waals surface area contributed by atoms with Gasteiger partial charge in [-0.15, -0.1) is 0 Å². The van der Waals surface area contributed by atoms with Crippen molar-refractivity contribution in [1.29, 1.82) is 31.6 Å². The summed E-state index contributed by atoms with van der Waals surface area (Å²) < 4.78 is 0. The number of benzene rings is 6. The van der Waals surface area contributed by atoms with Crippen LogP contribution in [0, 0.1) is 104 Å². The highest BCUT2D eigenvalue weighted by molar-refractivity contribution is 5.77. The van der Waals surface area contributed by atoms with Crippen molar-refractivity contribution < 1.29 is 0 Å². The molecule has 0 aliphatic rings. The van der Waals surface area contributed by atoms with E-state index < -0.39 is 0 Å². The van der Waals surface area contributed by atoms with Gasteiger partial charge in [0.15, 0.2) is 0 Å². The average Bonchev–Trinajstić information content (AvgIpc) is 3.25. The molecule has 6 aromatic carbocycles. The Morgan fingerprint density at radius 2 is 0.491 bits per heavy atom. The first kappa shape index (κ1) is 35.6. The molecule has 0 bridgehead atoms. The highest BCUT2D eigenvalue weighted by atomic mass is 15.1. The normalized spacial score (nSPS) is 9.27. The zero-order chi connectivity index (χ0) is 38.6. The predicted octanol–water partition coefficient (Wildman–Crippen LogP) is 8.59. The van der Waals surface area contributed by atoms with E-state index in [2.05, 4.69) is 71.9 Å². The van der Waals surface area contributed by atoms with Crippen molar-refractivity contribution >= 4 is 17.1 Å². The summed E-state index contributed by atoms with van der Waals surface area (Å²) >= 11 is 0. The van der Waals surface area contributed by atoms with Gasteiger partial charge in [-0.25, -0.2) is 0 Å². The van der Waals surface area contributed by atoms with E-state index >= 15 is 0 Å². The van der Waals surface area contributed by atoms with Gasteiger partial charge in [0.2, 0.25) is 0 Å². The van der Waals surface area contributed by atoms with Gasteiger partial charge in [0.05, 0.1) is 50.1 Å². The summed E-state index contributed by atoms with van der Waals surface area (Å²) in [5.74, 6) is 18.2. The summed E-state index contributed by atoms with van der Waals surface area (Å²) in [6.07, 6.45) is 0. The van der Waals surface area contributed by atoms with Gasteiger partial charge in [-0.05, 0) is 109 Å². The van der Waals surface area contributed by atoms with E-state index in [0.717, 1.165) is 17.1 Å². The summed E-state index contributed by atoms with van der Waals surface area (Å²) in [6, 6.07) is 49.9. The van der Waals surface area contributed by atoms with Gasteiger partial charge in [-0.3, -0.25) is 0 Å². The average molecular weight is 696 g/mol. The van der Waals surface area contributed by atoms with E-state index in [0.29, 0.717) is 66.8 Å². The molecule has 0 atom stereocenters. The van der Waals surface area contributed by atoms with Crippen molar-refractivity contribution in [2.45, 2.75) is 0 Å². The first-order valence-electron chi connectivity index (χ1n) is 16.5. The van der Waals surface area contributed by atoms with E-state index in [-0.39, 0.29) is 0 Å². The van der Waals surface area contributed by atoms with Crippen LogP contribution < -0.4 is 4.90 Å². The van der Waals surface area contributed by atoms with Crippen LogP contribution in [-0.2, 0) is 0 Å². The lowest BCUT2D eigenvalue weighted by Gasteiger charge is -2.25. The highest BCUT2D eigenvalue weighted by Gasteiger charge is 2.13. The lowest BCUT2D eigenvalue weighted by Crippen LogP contribution is -2.10. The molecule has 0 fully saturated rings. The largest absolute Gasteiger partial charge is 0.311 e. The fourth-order valence-corrected chi connectivity index (χ4v) is 5.55. The monoisotopic (exact) mass is 695 g/mol. The Labute approximate surface area is 318 Å². The van der Waals surface area contributed by atoms with Gasteiger partial charge in [0, 0.05) is 33.8 Å². The van der Waals surface area contributed by atoms with Crippen LogP contribution in [0.1, 0.15) is 66.8 Å². The van der Waals surface area contributed by atoms with Crippen LogP contribution in [0.2, 0.25) is 0 Å². The Kier molecular flexibility index (Phi) is 10.8. The third-order valence-corrected chi connectivity index (χ3v) is 8.29. The minimum atomic E-state index is 0.329. The van der Waals surface area contributed by atoms with E-state index in [9.17, 15) is 31.6 Å². The molecule has 7 heteroatoms. The smallest absolute Gasteiger partial charge is 0.100 e. The molecular weight excluding hydrogens is 675 g/mol. The number of nitrogens with zero attached hydrogens (tertiary/aromatic N) is 7.